The maximum atomic E-state index is 12.4. The molecule has 1 saturated heterocycles. The first kappa shape index (κ1) is 16.4. The van der Waals surface area contributed by atoms with Crippen LogP contribution in [-0.4, -0.2) is 37.1 Å². The topological polar surface area (TPSA) is 35.6 Å². The summed E-state index contributed by atoms with van der Waals surface area (Å²) < 4.78 is 0. The molecule has 0 spiro atoms. The minimum Gasteiger partial charge on any atom is -0.368 e. The Morgan fingerprint density at radius 1 is 1.00 bits per heavy atom. The Bertz CT molecular complexity index is 706. The van der Waals surface area contributed by atoms with E-state index in [0.29, 0.717) is 6.54 Å². The number of hydrogen-bond donors (Lipinski definition) is 1. The van der Waals surface area contributed by atoms with E-state index in [1.807, 2.05) is 17.0 Å². The number of anilines is 1. The van der Waals surface area contributed by atoms with Crippen LogP contribution in [0.15, 0.2) is 48.5 Å². The van der Waals surface area contributed by atoms with Crippen LogP contribution < -0.4 is 10.2 Å². The molecule has 0 atom stereocenters. The van der Waals surface area contributed by atoms with E-state index in [1.165, 1.54) is 22.4 Å². The Morgan fingerprint density at radius 3 is 2.46 bits per heavy atom. The first-order valence-corrected chi connectivity index (χ1v) is 8.52. The van der Waals surface area contributed by atoms with Gasteiger partial charge in [0, 0.05) is 38.4 Å². The van der Waals surface area contributed by atoms with Gasteiger partial charge in [0.1, 0.15) is 0 Å². The van der Waals surface area contributed by atoms with Crippen LogP contribution in [0.25, 0.3) is 0 Å². The van der Waals surface area contributed by atoms with Crippen molar-refractivity contribution in [1.82, 2.24) is 10.2 Å². The maximum Gasteiger partial charge on any atom is 0.317 e. The molecule has 3 rings (SSSR count). The van der Waals surface area contributed by atoms with Gasteiger partial charge in [-0.05, 0) is 42.7 Å². The van der Waals surface area contributed by atoms with Crippen molar-refractivity contribution < 1.29 is 4.79 Å². The first-order chi connectivity index (χ1) is 11.6. The molecule has 1 heterocycles. The molecule has 2 amide bonds. The van der Waals surface area contributed by atoms with Crippen molar-refractivity contribution in [2.75, 3.05) is 31.1 Å². The van der Waals surface area contributed by atoms with E-state index in [1.54, 1.807) is 0 Å². The van der Waals surface area contributed by atoms with Crippen molar-refractivity contribution in [2.45, 2.75) is 20.4 Å². The molecule has 1 aliphatic heterocycles. The molecule has 0 bridgehead atoms. The molecular weight excluding hydrogens is 298 g/mol. The van der Waals surface area contributed by atoms with Gasteiger partial charge >= 0.3 is 6.03 Å². The van der Waals surface area contributed by atoms with Gasteiger partial charge in [0.05, 0.1) is 0 Å². The van der Waals surface area contributed by atoms with Crippen molar-refractivity contribution in [1.29, 1.82) is 0 Å². The number of rotatable bonds is 3. The molecule has 1 fully saturated rings. The zero-order chi connectivity index (χ0) is 16.9. The second-order valence-electron chi connectivity index (χ2n) is 6.40. The zero-order valence-electron chi connectivity index (χ0n) is 14.5. The largest absolute Gasteiger partial charge is 0.368 e. The Kier molecular flexibility index (Phi) is 5.04. The number of piperazine rings is 1. The molecule has 1 aliphatic rings. The van der Waals surface area contributed by atoms with E-state index in [9.17, 15) is 4.79 Å². The SMILES string of the molecule is Cc1cccc(N2CCN(C(=O)NCc3ccccc3C)CC2)c1. The monoisotopic (exact) mass is 323 g/mol. The predicted molar refractivity (Wildman–Crippen MR) is 98.4 cm³/mol. The summed E-state index contributed by atoms with van der Waals surface area (Å²) in [4.78, 5) is 16.6. The summed E-state index contributed by atoms with van der Waals surface area (Å²) in [6, 6.07) is 16.7. The van der Waals surface area contributed by atoms with Crippen LogP contribution in [0.2, 0.25) is 0 Å². The number of carbonyl (C=O) groups excluding carboxylic acids is 1. The van der Waals surface area contributed by atoms with Gasteiger partial charge in [-0.15, -0.1) is 0 Å². The molecule has 2 aromatic rings. The molecule has 4 nitrogen and oxygen atoms in total. The Balaban J connectivity index is 1.51. The molecule has 24 heavy (non-hydrogen) atoms. The fraction of sp³-hybridized carbons (Fsp3) is 0.350. The lowest BCUT2D eigenvalue weighted by atomic mass is 10.1. The Hall–Kier alpha value is -2.49. The quantitative estimate of drug-likeness (QED) is 0.940. The van der Waals surface area contributed by atoms with Crippen LogP contribution in [0, 0.1) is 13.8 Å². The van der Waals surface area contributed by atoms with Crippen LogP contribution in [0.1, 0.15) is 16.7 Å². The summed E-state index contributed by atoms with van der Waals surface area (Å²) in [7, 11) is 0. The molecule has 126 valence electrons. The normalized spacial score (nSPS) is 14.6. The summed E-state index contributed by atoms with van der Waals surface area (Å²) in [6.45, 7) is 8.04. The highest BCUT2D eigenvalue weighted by atomic mass is 16.2. The number of nitrogens with zero attached hydrogens (tertiary/aromatic N) is 2. The average Bonchev–Trinajstić information content (AvgIpc) is 2.61. The van der Waals surface area contributed by atoms with Crippen molar-refractivity contribution in [2.24, 2.45) is 0 Å². The smallest absolute Gasteiger partial charge is 0.317 e. The number of aryl methyl sites for hydroxylation is 2. The molecule has 0 aliphatic carbocycles. The van der Waals surface area contributed by atoms with Crippen molar-refractivity contribution >= 4 is 11.7 Å². The van der Waals surface area contributed by atoms with Gasteiger partial charge in [-0.3, -0.25) is 0 Å². The van der Waals surface area contributed by atoms with E-state index in [2.05, 4.69) is 60.5 Å². The number of amides is 2. The summed E-state index contributed by atoms with van der Waals surface area (Å²) in [6.07, 6.45) is 0. The number of nitrogens with one attached hydrogen (secondary N) is 1. The summed E-state index contributed by atoms with van der Waals surface area (Å²) in [5.74, 6) is 0. The van der Waals surface area contributed by atoms with Gasteiger partial charge < -0.3 is 15.1 Å². The minimum absolute atomic E-state index is 0.0298. The molecule has 0 aromatic heterocycles. The number of urea groups is 1. The lowest BCUT2D eigenvalue weighted by Gasteiger charge is -2.36. The van der Waals surface area contributed by atoms with Gasteiger partial charge in [0.15, 0.2) is 0 Å². The number of hydrogen-bond acceptors (Lipinski definition) is 2. The van der Waals surface area contributed by atoms with E-state index >= 15 is 0 Å². The van der Waals surface area contributed by atoms with E-state index in [0.717, 1.165) is 26.2 Å². The molecule has 0 saturated carbocycles. The summed E-state index contributed by atoms with van der Waals surface area (Å²) in [5.41, 5.74) is 4.90. The van der Waals surface area contributed by atoms with Crippen LogP contribution >= 0.6 is 0 Å². The van der Waals surface area contributed by atoms with Gasteiger partial charge in [-0.1, -0.05) is 36.4 Å². The molecule has 1 N–H and O–H groups in total. The lowest BCUT2D eigenvalue weighted by Crippen LogP contribution is -2.51. The Labute approximate surface area is 144 Å². The maximum absolute atomic E-state index is 12.4. The van der Waals surface area contributed by atoms with Crippen molar-refractivity contribution in [3.05, 3.63) is 65.2 Å². The second kappa shape index (κ2) is 7.39. The van der Waals surface area contributed by atoms with Crippen LogP contribution in [0.3, 0.4) is 0 Å². The fourth-order valence-corrected chi connectivity index (χ4v) is 3.08. The highest BCUT2D eigenvalue weighted by Gasteiger charge is 2.21. The third-order valence-corrected chi connectivity index (χ3v) is 4.63. The van der Waals surface area contributed by atoms with Crippen molar-refractivity contribution in [3.63, 3.8) is 0 Å². The van der Waals surface area contributed by atoms with Gasteiger partial charge in [-0.2, -0.15) is 0 Å². The minimum atomic E-state index is 0.0298. The first-order valence-electron chi connectivity index (χ1n) is 8.52. The van der Waals surface area contributed by atoms with E-state index in [4.69, 9.17) is 0 Å². The van der Waals surface area contributed by atoms with Crippen LogP contribution in [-0.2, 0) is 6.54 Å². The molecule has 0 unspecified atom stereocenters. The van der Waals surface area contributed by atoms with E-state index < -0.39 is 0 Å². The molecular formula is C20H25N3O. The van der Waals surface area contributed by atoms with Crippen molar-refractivity contribution in [3.8, 4) is 0 Å². The van der Waals surface area contributed by atoms with E-state index in [-0.39, 0.29) is 6.03 Å². The molecule has 0 radical (unpaired) electrons. The lowest BCUT2D eigenvalue weighted by molar-refractivity contribution is 0.194. The van der Waals surface area contributed by atoms with Gasteiger partial charge in [0.25, 0.3) is 0 Å². The van der Waals surface area contributed by atoms with Gasteiger partial charge in [0.2, 0.25) is 0 Å². The standard InChI is InChI=1S/C20H25N3O/c1-16-6-5-9-19(14-16)22-10-12-23(13-11-22)20(24)21-15-18-8-4-3-7-17(18)2/h3-9,14H,10-13,15H2,1-2H3,(H,21,24). The highest BCUT2D eigenvalue weighted by molar-refractivity contribution is 5.74. The highest BCUT2D eigenvalue weighted by Crippen LogP contribution is 2.17. The zero-order valence-corrected chi connectivity index (χ0v) is 14.5. The summed E-state index contributed by atoms with van der Waals surface area (Å²) >= 11 is 0. The molecule has 4 heteroatoms. The van der Waals surface area contributed by atoms with Gasteiger partial charge in [-0.25, -0.2) is 4.79 Å². The molecule has 2 aromatic carbocycles. The number of benzene rings is 2. The van der Waals surface area contributed by atoms with Crippen LogP contribution in [0.4, 0.5) is 10.5 Å². The Morgan fingerprint density at radius 2 is 1.75 bits per heavy atom. The average molecular weight is 323 g/mol. The third kappa shape index (κ3) is 3.88. The number of carbonyl (C=O) groups is 1. The summed E-state index contributed by atoms with van der Waals surface area (Å²) in [5, 5.41) is 3.04. The second-order valence-corrected chi connectivity index (χ2v) is 6.40. The van der Waals surface area contributed by atoms with Crippen LogP contribution in [0.5, 0.6) is 0 Å². The fourth-order valence-electron chi connectivity index (χ4n) is 3.08. The third-order valence-electron chi connectivity index (χ3n) is 4.63. The predicted octanol–water partition coefficient (Wildman–Crippen LogP) is 3.34.